The zero-order valence-corrected chi connectivity index (χ0v) is 14.7. The molecule has 2 aromatic rings. The summed E-state index contributed by atoms with van der Waals surface area (Å²) < 4.78 is 10.9. The number of carboxylic acid groups (broad SMARTS) is 1. The van der Waals surface area contributed by atoms with E-state index in [0.717, 1.165) is 28.9 Å². The highest BCUT2D eigenvalue weighted by Gasteiger charge is 2.24. The number of fused-ring (bicyclic) bond motifs is 1. The van der Waals surface area contributed by atoms with E-state index in [9.17, 15) is 14.7 Å². The summed E-state index contributed by atoms with van der Waals surface area (Å²) in [5, 5.41) is 12.0. The third kappa shape index (κ3) is 3.96. The molecule has 1 amide bonds. The Morgan fingerprint density at radius 3 is 2.77 bits per heavy atom. The number of ether oxygens (including phenoxy) is 2. The van der Waals surface area contributed by atoms with E-state index in [2.05, 4.69) is 5.32 Å². The molecule has 2 N–H and O–H groups in total. The summed E-state index contributed by atoms with van der Waals surface area (Å²) in [6.07, 6.45) is 0.735. The van der Waals surface area contributed by atoms with Crippen molar-refractivity contribution >= 4 is 11.9 Å². The molecule has 2 aromatic carbocycles. The lowest BCUT2D eigenvalue weighted by molar-refractivity contribution is -0.142. The Kier molecular flexibility index (Phi) is 5.11. The molecule has 3 rings (SSSR count). The molecule has 0 aromatic heterocycles. The van der Waals surface area contributed by atoms with Gasteiger partial charge in [-0.05, 0) is 48.7 Å². The number of rotatable bonds is 6. The van der Waals surface area contributed by atoms with E-state index in [1.165, 1.54) is 0 Å². The number of amides is 1. The van der Waals surface area contributed by atoms with Crippen LogP contribution in [0.5, 0.6) is 11.5 Å². The Labute approximate surface area is 151 Å². The lowest BCUT2D eigenvalue weighted by Gasteiger charge is -2.16. The van der Waals surface area contributed by atoms with Gasteiger partial charge in [-0.3, -0.25) is 4.79 Å². The van der Waals surface area contributed by atoms with Crippen molar-refractivity contribution in [2.75, 3.05) is 13.2 Å². The normalized spacial score (nSPS) is 13.5. The molecule has 0 fully saturated rings. The number of aryl methyl sites for hydroxylation is 2. The van der Waals surface area contributed by atoms with E-state index in [0.29, 0.717) is 17.9 Å². The number of benzene rings is 2. The summed E-state index contributed by atoms with van der Waals surface area (Å²) in [5.74, 6) is -0.243. The zero-order valence-electron chi connectivity index (χ0n) is 14.7. The molecular formula is C20H21NO5. The van der Waals surface area contributed by atoms with Gasteiger partial charge in [-0.1, -0.05) is 23.8 Å². The summed E-state index contributed by atoms with van der Waals surface area (Å²) in [7, 11) is 0. The molecule has 1 aliphatic heterocycles. The number of hydrogen-bond donors (Lipinski definition) is 2. The molecule has 136 valence electrons. The Balaban J connectivity index is 1.66. The first-order valence-corrected chi connectivity index (χ1v) is 8.42. The molecule has 0 bridgehead atoms. The molecule has 6 heteroatoms. The SMILES string of the molecule is Cc1ccc(OCC(=O)NC(C(=O)O)c2ccc3c(c2)CCO3)c(C)c1. The average Bonchev–Trinajstić information content (AvgIpc) is 3.06. The fourth-order valence-electron chi connectivity index (χ4n) is 2.98. The maximum absolute atomic E-state index is 12.2. The third-order valence-corrected chi connectivity index (χ3v) is 4.29. The van der Waals surface area contributed by atoms with Gasteiger partial charge in [0.2, 0.25) is 0 Å². The van der Waals surface area contributed by atoms with Gasteiger partial charge in [0.25, 0.3) is 5.91 Å². The van der Waals surface area contributed by atoms with Crippen LogP contribution < -0.4 is 14.8 Å². The number of nitrogens with one attached hydrogen (secondary N) is 1. The van der Waals surface area contributed by atoms with Crippen molar-refractivity contribution in [3.8, 4) is 11.5 Å². The van der Waals surface area contributed by atoms with Crippen molar-refractivity contribution in [2.24, 2.45) is 0 Å². The molecule has 0 saturated carbocycles. The molecule has 0 radical (unpaired) electrons. The number of carbonyl (C=O) groups excluding carboxylic acids is 1. The monoisotopic (exact) mass is 355 g/mol. The van der Waals surface area contributed by atoms with Gasteiger partial charge in [0.05, 0.1) is 6.61 Å². The first-order chi connectivity index (χ1) is 12.4. The number of aliphatic carboxylic acids is 1. The topological polar surface area (TPSA) is 84.9 Å². The maximum Gasteiger partial charge on any atom is 0.330 e. The van der Waals surface area contributed by atoms with Crippen molar-refractivity contribution < 1.29 is 24.2 Å². The molecule has 1 atom stereocenters. The summed E-state index contributed by atoms with van der Waals surface area (Å²) in [6, 6.07) is 9.70. The van der Waals surface area contributed by atoms with Crippen LogP contribution in [0.25, 0.3) is 0 Å². The van der Waals surface area contributed by atoms with Gasteiger partial charge in [0, 0.05) is 6.42 Å². The first-order valence-electron chi connectivity index (χ1n) is 8.42. The van der Waals surface area contributed by atoms with Crippen LogP contribution in [0, 0.1) is 13.8 Å². The van der Waals surface area contributed by atoms with E-state index in [4.69, 9.17) is 9.47 Å². The van der Waals surface area contributed by atoms with Gasteiger partial charge in [-0.25, -0.2) is 4.79 Å². The summed E-state index contributed by atoms with van der Waals surface area (Å²) >= 11 is 0. The van der Waals surface area contributed by atoms with Crippen LogP contribution in [0.4, 0.5) is 0 Å². The molecule has 1 aliphatic rings. The quantitative estimate of drug-likeness (QED) is 0.832. The second-order valence-electron chi connectivity index (χ2n) is 6.36. The van der Waals surface area contributed by atoms with Gasteiger partial charge < -0.3 is 19.9 Å². The van der Waals surface area contributed by atoms with Gasteiger partial charge in [0.1, 0.15) is 11.5 Å². The average molecular weight is 355 g/mol. The van der Waals surface area contributed by atoms with E-state index in [1.54, 1.807) is 24.3 Å². The number of carbonyl (C=O) groups is 2. The van der Waals surface area contributed by atoms with E-state index in [-0.39, 0.29) is 6.61 Å². The van der Waals surface area contributed by atoms with Crippen molar-refractivity contribution in [3.05, 3.63) is 58.7 Å². The molecule has 0 spiro atoms. The number of hydrogen-bond acceptors (Lipinski definition) is 4. The molecule has 6 nitrogen and oxygen atoms in total. The summed E-state index contributed by atoms with van der Waals surface area (Å²) in [4.78, 5) is 23.8. The Morgan fingerprint density at radius 2 is 2.04 bits per heavy atom. The van der Waals surface area contributed by atoms with Crippen LogP contribution in [0.2, 0.25) is 0 Å². The Bertz CT molecular complexity index is 846. The minimum Gasteiger partial charge on any atom is -0.493 e. The van der Waals surface area contributed by atoms with Crippen molar-refractivity contribution in [1.29, 1.82) is 0 Å². The fraction of sp³-hybridized carbons (Fsp3) is 0.300. The minimum absolute atomic E-state index is 0.248. The first kappa shape index (κ1) is 17.8. The second kappa shape index (κ2) is 7.47. The van der Waals surface area contributed by atoms with Gasteiger partial charge in [-0.15, -0.1) is 0 Å². The second-order valence-corrected chi connectivity index (χ2v) is 6.36. The standard InChI is InChI=1S/C20H21NO5/c1-12-3-5-16(13(2)9-12)26-11-18(22)21-19(20(23)24)15-4-6-17-14(10-15)7-8-25-17/h3-6,9-10,19H,7-8,11H2,1-2H3,(H,21,22)(H,23,24). The highest BCUT2D eigenvalue weighted by atomic mass is 16.5. The van der Waals surface area contributed by atoms with E-state index in [1.807, 2.05) is 26.0 Å². The zero-order chi connectivity index (χ0) is 18.7. The molecule has 1 heterocycles. The van der Waals surface area contributed by atoms with Crippen LogP contribution in [0.15, 0.2) is 36.4 Å². The third-order valence-electron chi connectivity index (χ3n) is 4.29. The van der Waals surface area contributed by atoms with Crippen LogP contribution in [-0.2, 0) is 16.0 Å². The minimum atomic E-state index is -1.13. The molecule has 0 aliphatic carbocycles. The van der Waals surface area contributed by atoms with Gasteiger partial charge in [-0.2, -0.15) is 0 Å². The Hall–Kier alpha value is -3.02. The highest BCUT2D eigenvalue weighted by Crippen LogP contribution is 2.28. The predicted octanol–water partition coefficient (Wildman–Crippen LogP) is 2.56. The van der Waals surface area contributed by atoms with E-state index >= 15 is 0 Å². The van der Waals surface area contributed by atoms with Crippen molar-refractivity contribution in [3.63, 3.8) is 0 Å². The van der Waals surface area contributed by atoms with Crippen LogP contribution in [-0.4, -0.2) is 30.2 Å². The molecule has 1 unspecified atom stereocenters. The molecule has 0 saturated heterocycles. The van der Waals surface area contributed by atoms with Gasteiger partial charge >= 0.3 is 5.97 Å². The number of carboxylic acids is 1. The highest BCUT2D eigenvalue weighted by molar-refractivity contribution is 5.85. The van der Waals surface area contributed by atoms with Gasteiger partial charge in [0.15, 0.2) is 12.6 Å². The lowest BCUT2D eigenvalue weighted by atomic mass is 10.0. The maximum atomic E-state index is 12.2. The van der Waals surface area contributed by atoms with E-state index < -0.39 is 17.9 Å². The van der Waals surface area contributed by atoms with Crippen molar-refractivity contribution in [1.82, 2.24) is 5.32 Å². The summed E-state index contributed by atoms with van der Waals surface area (Å²) in [5.41, 5.74) is 3.49. The van der Waals surface area contributed by atoms with Crippen LogP contribution in [0.3, 0.4) is 0 Å². The van der Waals surface area contributed by atoms with Crippen molar-refractivity contribution in [2.45, 2.75) is 26.3 Å². The molecular weight excluding hydrogens is 334 g/mol. The lowest BCUT2D eigenvalue weighted by Crippen LogP contribution is -2.36. The Morgan fingerprint density at radius 1 is 1.23 bits per heavy atom. The smallest absolute Gasteiger partial charge is 0.330 e. The fourth-order valence-corrected chi connectivity index (χ4v) is 2.98. The van der Waals surface area contributed by atoms with Crippen LogP contribution in [0.1, 0.15) is 28.3 Å². The summed E-state index contributed by atoms with van der Waals surface area (Å²) in [6.45, 7) is 4.21. The predicted molar refractivity (Wildman–Crippen MR) is 95.6 cm³/mol. The largest absolute Gasteiger partial charge is 0.493 e. The molecule has 26 heavy (non-hydrogen) atoms. The van der Waals surface area contributed by atoms with Crippen LogP contribution >= 0.6 is 0 Å².